The molecule has 0 atom stereocenters. The number of nitrogens with one attached hydrogen (secondary N) is 1. The van der Waals surface area contributed by atoms with Crippen LogP contribution in [0.2, 0.25) is 0 Å². The van der Waals surface area contributed by atoms with E-state index in [0.717, 1.165) is 18.7 Å². The van der Waals surface area contributed by atoms with E-state index in [9.17, 15) is 5.11 Å². The molecule has 0 spiro atoms. The highest BCUT2D eigenvalue weighted by molar-refractivity contribution is 5.85. The summed E-state index contributed by atoms with van der Waals surface area (Å²) >= 11 is 0. The zero-order valence-corrected chi connectivity index (χ0v) is 9.31. The van der Waals surface area contributed by atoms with Crippen LogP contribution >= 0.6 is 12.4 Å². The van der Waals surface area contributed by atoms with Crippen molar-refractivity contribution in [3.8, 4) is 5.75 Å². The van der Waals surface area contributed by atoms with Gasteiger partial charge in [-0.3, -0.25) is 0 Å². The molecule has 1 aromatic carbocycles. The summed E-state index contributed by atoms with van der Waals surface area (Å²) in [6.45, 7) is 4.07. The molecule has 0 fully saturated rings. The van der Waals surface area contributed by atoms with E-state index in [-0.39, 0.29) is 12.4 Å². The smallest absolute Gasteiger partial charge is 0.115 e. The van der Waals surface area contributed by atoms with Gasteiger partial charge in [0.05, 0.1) is 0 Å². The summed E-state index contributed by atoms with van der Waals surface area (Å²) in [6.07, 6.45) is 2.42. The third kappa shape index (κ3) is 5.10. The first-order chi connectivity index (χ1) is 6.33. The normalized spacial score (nSPS) is 9.50. The van der Waals surface area contributed by atoms with Crippen LogP contribution < -0.4 is 5.32 Å². The molecule has 2 nitrogen and oxygen atoms in total. The van der Waals surface area contributed by atoms with Gasteiger partial charge in [-0.1, -0.05) is 25.5 Å². The zero-order chi connectivity index (χ0) is 9.52. The van der Waals surface area contributed by atoms with Gasteiger partial charge in [0.1, 0.15) is 5.75 Å². The van der Waals surface area contributed by atoms with Crippen molar-refractivity contribution in [2.75, 3.05) is 6.54 Å². The fraction of sp³-hybridized carbons (Fsp3) is 0.455. The van der Waals surface area contributed by atoms with Crippen LogP contribution in [0.25, 0.3) is 0 Å². The van der Waals surface area contributed by atoms with Crippen LogP contribution in [0.15, 0.2) is 24.3 Å². The van der Waals surface area contributed by atoms with Gasteiger partial charge >= 0.3 is 0 Å². The van der Waals surface area contributed by atoms with Crippen LogP contribution in [-0.4, -0.2) is 11.7 Å². The maximum atomic E-state index is 9.19. The van der Waals surface area contributed by atoms with E-state index in [2.05, 4.69) is 12.2 Å². The van der Waals surface area contributed by atoms with Gasteiger partial charge in [-0.15, -0.1) is 12.4 Å². The fourth-order valence-electron chi connectivity index (χ4n) is 1.20. The molecule has 0 aromatic heterocycles. The van der Waals surface area contributed by atoms with E-state index in [1.807, 2.05) is 12.1 Å². The monoisotopic (exact) mass is 215 g/mol. The molecule has 0 saturated heterocycles. The molecule has 0 unspecified atom stereocenters. The molecule has 0 bridgehead atoms. The highest BCUT2D eigenvalue weighted by Crippen LogP contribution is 2.10. The Morgan fingerprint density at radius 1 is 1.36 bits per heavy atom. The quantitative estimate of drug-likeness (QED) is 0.741. The first-order valence-electron chi connectivity index (χ1n) is 4.81. The van der Waals surface area contributed by atoms with Gasteiger partial charge in [-0.05, 0) is 30.7 Å². The topological polar surface area (TPSA) is 32.3 Å². The number of phenolic OH excluding ortho intramolecular Hbond substituents is 1. The summed E-state index contributed by atoms with van der Waals surface area (Å²) in [4.78, 5) is 0. The van der Waals surface area contributed by atoms with Crippen LogP contribution in [0.3, 0.4) is 0 Å². The Kier molecular flexibility index (Phi) is 7.25. The third-order valence-corrected chi connectivity index (χ3v) is 1.95. The minimum atomic E-state index is 0. The Bertz CT molecular complexity index is 253. The molecule has 1 rings (SSSR count). The molecular formula is C11H18ClNO. The van der Waals surface area contributed by atoms with Crippen molar-refractivity contribution in [1.29, 1.82) is 0 Å². The first kappa shape index (κ1) is 13.3. The lowest BCUT2D eigenvalue weighted by molar-refractivity contribution is 0.474. The van der Waals surface area contributed by atoms with Crippen LogP contribution in [0, 0.1) is 0 Å². The Hall–Kier alpha value is -0.730. The highest BCUT2D eigenvalue weighted by Gasteiger charge is 1.92. The van der Waals surface area contributed by atoms with Crippen molar-refractivity contribution >= 4 is 12.4 Å². The van der Waals surface area contributed by atoms with Crippen LogP contribution in [0.4, 0.5) is 0 Å². The van der Waals surface area contributed by atoms with Gasteiger partial charge in [-0.2, -0.15) is 0 Å². The third-order valence-electron chi connectivity index (χ3n) is 1.95. The second kappa shape index (κ2) is 7.65. The maximum absolute atomic E-state index is 9.19. The average Bonchev–Trinajstić information content (AvgIpc) is 2.13. The zero-order valence-electron chi connectivity index (χ0n) is 8.49. The van der Waals surface area contributed by atoms with Crippen molar-refractivity contribution in [3.05, 3.63) is 29.8 Å². The second-order valence-electron chi connectivity index (χ2n) is 3.20. The molecule has 0 aliphatic rings. The Morgan fingerprint density at radius 2 is 2.14 bits per heavy atom. The molecule has 0 heterocycles. The van der Waals surface area contributed by atoms with Crippen LogP contribution in [0.5, 0.6) is 5.75 Å². The standard InChI is InChI=1S/C11H17NO.ClH/c1-2-3-7-12-9-10-5-4-6-11(13)8-10;/h4-6,8,12-13H,2-3,7,9H2,1H3;1H. The van der Waals surface area contributed by atoms with E-state index in [0.29, 0.717) is 5.75 Å². The van der Waals surface area contributed by atoms with E-state index >= 15 is 0 Å². The molecule has 0 aliphatic carbocycles. The van der Waals surface area contributed by atoms with Gasteiger partial charge in [0.25, 0.3) is 0 Å². The highest BCUT2D eigenvalue weighted by atomic mass is 35.5. The number of rotatable bonds is 5. The summed E-state index contributed by atoms with van der Waals surface area (Å²) < 4.78 is 0. The number of halogens is 1. The van der Waals surface area contributed by atoms with E-state index in [4.69, 9.17) is 0 Å². The van der Waals surface area contributed by atoms with Gasteiger partial charge in [-0.25, -0.2) is 0 Å². The number of aromatic hydroxyl groups is 1. The van der Waals surface area contributed by atoms with E-state index in [1.54, 1.807) is 12.1 Å². The SMILES string of the molecule is CCCCNCc1cccc(O)c1.Cl. The summed E-state index contributed by atoms with van der Waals surface area (Å²) in [5, 5.41) is 12.5. The molecule has 0 saturated carbocycles. The minimum Gasteiger partial charge on any atom is -0.508 e. The lowest BCUT2D eigenvalue weighted by Gasteiger charge is -2.03. The Labute approximate surface area is 91.8 Å². The largest absolute Gasteiger partial charge is 0.508 e. The number of hydrogen-bond donors (Lipinski definition) is 2. The number of benzene rings is 1. The molecule has 3 heteroatoms. The summed E-state index contributed by atoms with van der Waals surface area (Å²) in [5.41, 5.74) is 1.14. The fourth-order valence-corrected chi connectivity index (χ4v) is 1.20. The molecule has 14 heavy (non-hydrogen) atoms. The van der Waals surface area contributed by atoms with E-state index in [1.165, 1.54) is 12.8 Å². The van der Waals surface area contributed by atoms with Crippen LogP contribution in [0.1, 0.15) is 25.3 Å². The molecule has 1 aromatic rings. The molecular weight excluding hydrogens is 198 g/mol. The van der Waals surface area contributed by atoms with Crippen molar-refractivity contribution in [3.63, 3.8) is 0 Å². The predicted molar refractivity (Wildman–Crippen MR) is 62.0 cm³/mol. The van der Waals surface area contributed by atoms with Crippen molar-refractivity contribution in [2.24, 2.45) is 0 Å². The molecule has 0 amide bonds. The second-order valence-corrected chi connectivity index (χ2v) is 3.20. The van der Waals surface area contributed by atoms with Gasteiger partial charge in [0, 0.05) is 6.54 Å². The van der Waals surface area contributed by atoms with Crippen molar-refractivity contribution < 1.29 is 5.11 Å². The van der Waals surface area contributed by atoms with Gasteiger partial charge in [0.15, 0.2) is 0 Å². The minimum absolute atomic E-state index is 0. The molecule has 0 aliphatic heterocycles. The molecule has 2 N–H and O–H groups in total. The summed E-state index contributed by atoms with van der Waals surface area (Å²) in [6, 6.07) is 7.36. The van der Waals surface area contributed by atoms with Gasteiger partial charge < -0.3 is 10.4 Å². The lowest BCUT2D eigenvalue weighted by Crippen LogP contribution is -2.14. The van der Waals surface area contributed by atoms with Crippen LogP contribution in [-0.2, 0) is 6.54 Å². The van der Waals surface area contributed by atoms with Gasteiger partial charge in [0.2, 0.25) is 0 Å². The molecule has 80 valence electrons. The summed E-state index contributed by atoms with van der Waals surface area (Å²) in [7, 11) is 0. The lowest BCUT2D eigenvalue weighted by atomic mass is 10.2. The number of phenols is 1. The number of hydrogen-bond acceptors (Lipinski definition) is 2. The van der Waals surface area contributed by atoms with Crippen molar-refractivity contribution in [2.45, 2.75) is 26.3 Å². The average molecular weight is 216 g/mol. The summed E-state index contributed by atoms with van der Waals surface area (Å²) in [5.74, 6) is 0.342. The van der Waals surface area contributed by atoms with Crippen molar-refractivity contribution in [1.82, 2.24) is 5.32 Å². The Morgan fingerprint density at radius 3 is 2.79 bits per heavy atom. The molecule has 0 radical (unpaired) electrons. The Balaban J connectivity index is 0.00000169. The maximum Gasteiger partial charge on any atom is 0.115 e. The predicted octanol–water partition coefficient (Wildman–Crippen LogP) is 2.70. The number of unbranched alkanes of at least 4 members (excludes halogenated alkanes) is 1. The van der Waals surface area contributed by atoms with E-state index < -0.39 is 0 Å². The first-order valence-corrected chi connectivity index (χ1v) is 4.81.